The van der Waals surface area contributed by atoms with Gasteiger partial charge in [0.05, 0.1) is 19.2 Å². The second kappa shape index (κ2) is 6.48. The first kappa shape index (κ1) is 14.9. The number of amides is 2. The standard InChI is InChI=1S/C11H22N2O3/c1-5-8(7-14)13-9(15)6-12-10(16)11(2,3)4/h8,14H,5-7H2,1-4H3,(H,12,16)(H,13,15)/t8-/m1/s1. The van der Waals surface area contributed by atoms with Crippen LogP contribution >= 0.6 is 0 Å². The zero-order valence-electron chi connectivity index (χ0n) is 10.5. The molecule has 0 aromatic heterocycles. The van der Waals surface area contributed by atoms with Crippen LogP contribution in [-0.4, -0.2) is 36.1 Å². The van der Waals surface area contributed by atoms with E-state index >= 15 is 0 Å². The molecule has 1 atom stereocenters. The van der Waals surface area contributed by atoms with Crippen molar-refractivity contribution in [1.82, 2.24) is 10.6 Å². The number of rotatable bonds is 5. The van der Waals surface area contributed by atoms with Gasteiger partial charge in [0.2, 0.25) is 11.8 Å². The zero-order chi connectivity index (χ0) is 12.8. The van der Waals surface area contributed by atoms with Crippen molar-refractivity contribution in [1.29, 1.82) is 0 Å². The summed E-state index contributed by atoms with van der Waals surface area (Å²) in [5.74, 6) is -0.446. The van der Waals surface area contributed by atoms with E-state index in [0.717, 1.165) is 0 Å². The van der Waals surface area contributed by atoms with Gasteiger partial charge in [0.25, 0.3) is 0 Å². The third-order valence-electron chi connectivity index (χ3n) is 2.17. The van der Waals surface area contributed by atoms with E-state index in [0.29, 0.717) is 6.42 Å². The van der Waals surface area contributed by atoms with Crippen LogP contribution in [0, 0.1) is 5.41 Å². The van der Waals surface area contributed by atoms with E-state index in [4.69, 9.17) is 5.11 Å². The van der Waals surface area contributed by atoms with Gasteiger partial charge in [-0.15, -0.1) is 0 Å². The Morgan fingerprint density at radius 3 is 2.25 bits per heavy atom. The Labute approximate surface area is 96.6 Å². The highest BCUT2D eigenvalue weighted by molar-refractivity contribution is 5.87. The first-order valence-electron chi connectivity index (χ1n) is 5.49. The maximum atomic E-state index is 11.5. The monoisotopic (exact) mass is 230 g/mol. The van der Waals surface area contributed by atoms with Crippen LogP contribution in [0.15, 0.2) is 0 Å². The third kappa shape index (κ3) is 5.70. The van der Waals surface area contributed by atoms with Crippen LogP contribution in [-0.2, 0) is 9.59 Å². The Bertz CT molecular complexity index is 242. The topological polar surface area (TPSA) is 78.4 Å². The molecule has 0 spiro atoms. The molecule has 0 saturated heterocycles. The second-order valence-corrected chi connectivity index (χ2v) is 4.79. The first-order valence-corrected chi connectivity index (χ1v) is 5.49. The van der Waals surface area contributed by atoms with Gasteiger partial charge in [-0.25, -0.2) is 0 Å². The van der Waals surface area contributed by atoms with Gasteiger partial charge < -0.3 is 15.7 Å². The molecular weight excluding hydrogens is 208 g/mol. The predicted octanol–water partition coefficient (Wildman–Crippen LogP) is 0.0358. The van der Waals surface area contributed by atoms with Crippen molar-refractivity contribution >= 4 is 11.8 Å². The van der Waals surface area contributed by atoms with E-state index in [1.54, 1.807) is 20.8 Å². The molecule has 0 aliphatic rings. The number of carbonyl (C=O) groups excluding carboxylic acids is 2. The van der Waals surface area contributed by atoms with Crippen LogP contribution in [0.25, 0.3) is 0 Å². The van der Waals surface area contributed by atoms with Crippen LogP contribution in [0.1, 0.15) is 34.1 Å². The summed E-state index contributed by atoms with van der Waals surface area (Å²) in [5.41, 5.74) is -0.499. The molecule has 0 heterocycles. The number of nitrogens with one attached hydrogen (secondary N) is 2. The molecule has 0 rings (SSSR count). The summed E-state index contributed by atoms with van der Waals surface area (Å²) in [6, 6.07) is -0.237. The van der Waals surface area contributed by atoms with Crippen LogP contribution in [0.3, 0.4) is 0 Å². The Morgan fingerprint density at radius 1 is 1.31 bits per heavy atom. The van der Waals surface area contributed by atoms with Gasteiger partial charge >= 0.3 is 0 Å². The van der Waals surface area contributed by atoms with E-state index in [-0.39, 0.29) is 31.0 Å². The summed E-state index contributed by atoms with van der Waals surface area (Å²) in [5, 5.41) is 14.0. The first-order chi connectivity index (χ1) is 7.31. The molecule has 2 amide bonds. The Kier molecular flexibility index (Phi) is 6.03. The van der Waals surface area contributed by atoms with Crippen LogP contribution < -0.4 is 10.6 Å². The Hall–Kier alpha value is -1.10. The van der Waals surface area contributed by atoms with Gasteiger partial charge in [-0.05, 0) is 6.42 Å². The summed E-state index contributed by atoms with van der Waals surface area (Å²) in [6.07, 6.45) is 0.662. The molecule has 0 aliphatic carbocycles. The number of carbonyl (C=O) groups is 2. The molecule has 0 aromatic rings. The van der Waals surface area contributed by atoms with Crippen LogP contribution in [0.5, 0.6) is 0 Å². The SMILES string of the molecule is CC[C@H](CO)NC(=O)CNC(=O)C(C)(C)C. The van der Waals surface area contributed by atoms with Crippen LogP contribution in [0.4, 0.5) is 0 Å². The summed E-state index contributed by atoms with van der Waals surface area (Å²) in [6.45, 7) is 7.07. The fourth-order valence-electron chi connectivity index (χ4n) is 0.981. The number of aliphatic hydroxyl groups excluding tert-OH is 1. The van der Waals surface area contributed by atoms with E-state index in [1.165, 1.54) is 0 Å². The minimum Gasteiger partial charge on any atom is -0.394 e. The molecule has 94 valence electrons. The molecule has 3 N–H and O–H groups in total. The fraction of sp³-hybridized carbons (Fsp3) is 0.818. The molecule has 0 unspecified atom stereocenters. The van der Waals surface area contributed by atoms with Crippen molar-refractivity contribution in [2.45, 2.75) is 40.2 Å². The average molecular weight is 230 g/mol. The Morgan fingerprint density at radius 2 is 1.88 bits per heavy atom. The van der Waals surface area contributed by atoms with Crippen molar-refractivity contribution in [2.24, 2.45) is 5.41 Å². The normalized spacial score (nSPS) is 13.1. The van der Waals surface area contributed by atoms with Gasteiger partial charge in [0.15, 0.2) is 0 Å². The van der Waals surface area contributed by atoms with Gasteiger partial charge in [-0.3, -0.25) is 9.59 Å². The number of aliphatic hydroxyl groups is 1. The van der Waals surface area contributed by atoms with Gasteiger partial charge in [0.1, 0.15) is 0 Å². The lowest BCUT2D eigenvalue weighted by Gasteiger charge is -2.18. The number of hydrogen-bond acceptors (Lipinski definition) is 3. The van der Waals surface area contributed by atoms with Crippen LogP contribution in [0.2, 0.25) is 0 Å². The van der Waals surface area contributed by atoms with E-state index < -0.39 is 5.41 Å². The summed E-state index contributed by atoms with van der Waals surface area (Å²) >= 11 is 0. The highest BCUT2D eigenvalue weighted by Crippen LogP contribution is 2.11. The molecular formula is C11H22N2O3. The molecule has 0 saturated carbocycles. The van der Waals surface area contributed by atoms with E-state index in [9.17, 15) is 9.59 Å². The molecule has 0 aliphatic heterocycles. The second-order valence-electron chi connectivity index (χ2n) is 4.79. The largest absolute Gasteiger partial charge is 0.394 e. The van der Waals surface area contributed by atoms with Gasteiger partial charge in [-0.1, -0.05) is 27.7 Å². The molecule has 16 heavy (non-hydrogen) atoms. The lowest BCUT2D eigenvalue weighted by molar-refractivity contribution is -0.131. The maximum Gasteiger partial charge on any atom is 0.239 e. The Balaban J connectivity index is 3.95. The van der Waals surface area contributed by atoms with Crippen molar-refractivity contribution in [3.63, 3.8) is 0 Å². The lowest BCUT2D eigenvalue weighted by Crippen LogP contribution is -2.45. The highest BCUT2D eigenvalue weighted by atomic mass is 16.3. The molecule has 0 bridgehead atoms. The van der Waals surface area contributed by atoms with Crippen molar-refractivity contribution in [3.8, 4) is 0 Å². The lowest BCUT2D eigenvalue weighted by atomic mass is 9.96. The predicted molar refractivity (Wildman–Crippen MR) is 61.8 cm³/mol. The van der Waals surface area contributed by atoms with Gasteiger partial charge in [0, 0.05) is 5.41 Å². The molecule has 5 nitrogen and oxygen atoms in total. The maximum absolute atomic E-state index is 11.5. The minimum absolute atomic E-state index is 0.0490. The smallest absolute Gasteiger partial charge is 0.239 e. The molecule has 0 radical (unpaired) electrons. The number of hydrogen-bond donors (Lipinski definition) is 3. The third-order valence-corrected chi connectivity index (χ3v) is 2.17. The summed E-state index contributed by atoms with van der Waals surface area (Å²) in [4.78, 5) is 22.8. The molecule has 0 fully saturated rings. The average Bonchev–Trinajstić information content (AvgIpc) is 2.20. The minimum atomic E-state index is -0.499. The van der Waals surface area contributed by atoms with Crippen molar-refractivity contribution in [2.75, 3.05) is 13.2 Å². The van der Waals surface area contributed by atoms with E-state index in [1.807, 2.05) is 6.92 Å². The van der Waals surface area contributed by atoms with Crippen molar-refractivity contribution < 1.29 is 14.7 Å². The molecule has 0 aromatic carbocycles. The summed E-state index contributed by atoms with van der Waals surface area (Å²) < 4.78 is 0. The fourth-order valence-corrected chi connectivity index (χ4v) is 0.981. The molecule has 5 heteroatoms. The van der Waals surface area contributed by atoms with Crippen molar-refractivity contribution in [3.05, 3.63) is 0 Å². The zero-order valence-corrected chi connectivity index (χ0v) is 10.5. The van der Waals surface area contributed by atoms with E-state index in [2.05, 4.69) is 10.6 Å². The summed E-state index contributed by atoms with van der Waals surface area (Å²) in [7, 11) is 0. The highest BCUT2D eigenvalue weighted by Gasteiger charge is 2.21. The quantitative estimate of drug-likeness (QED) is 0.624. The van der Waals surface area contributed by atoms with Gasteiger partial charge in [-0.2, -0.15) is 0 Å².